The van der Waals surface area contributed by atoms with Crippen molar-refractivity contribution < 1.29 is 9.53 Å². The first-order chi connectivity index (χ1) is 7.63. The van der Waals surface area contributed by atoms with Crippen LogP contribution >= 0.6 is 0 Å². The maximum atomic E-state index is 11.2. The topological polar surface area (TPSA) is 56.1 Å². The SMILES string of the molecule is COC(=O)C(C)CNC(C)Cn1ccnc1. The third-order valence-electron chi connectivity index (χ3n) is 2.42. The predicted molar refractivity (Wildman–Crippen MR) is 60.9 cm³/mol. The first kappa shape index (κ1) is 12.7. The molecular weight excluding hydrogens is 206 g/mol. The lowest BCUT2D eigenvalue weighted by Gasteiger charge is -2.16. The molecule has 16 heavy (non-hydrogen) atoms. The van der Waals surface area contributed by atoms with Crippen LogP contribution in [0.25, 0.3) is 0 Å². The lowest BCUT2D eigenvalue weighted by Crippen LogP contribution is -2.35. The lowest BCUT2D eigenvalue weighted by molar-refractivity contribution is -0.144. The molecule has 1 rings (SSSR count). The summed E-state index contributed by atoms with van der Waals surface area (Å²) in [6.07, 6.45) is 5.45. The average molecular weight is 225 g/mol. The van der Waals surface area contributed by atoms with E-state index in [0.717, 1.165) is 6.54 Å². The zero-order valence-corrected chi connectivity index (χ0v) is 10.0. The number of nitrogens with zero attached hydrogens (tertiary/aromatic N) is 2. The fourth-order valence-corrected chi connectivity index (χ4v) is 1.44. The Morgan fingerprint density at radius 3 is 2.88 bits per heavy atom. The second-order valence-corrected chi connectivity index (χ2v) is 3.99. The zero-order chi connectivity index (χ0) is 12.0. The highest BCUT2D eigenvalue weighted by Crippen LogP contribution is 1.97. The number of aromatic nitrogens is 2. The Morgan fingerprint density at radius 2 is 2.31 bits per heavy atom. The van der Waals surface area contributed by atoms with Gasteiger partial charge in [-0.15, -0.1) is 0 Å². The maximum Gasteiger partial charge on any atom is 0.309 e. The van der Waals surface area contributed by atoms with Gasteiger partial charge in [0.15, 0.2) is 0 Å². The summed E-state index contributed by atoms with van der Waals surface area (Å²) >= 11 is 0. The number of imidazole rings is 1. The molecule has 1 aromatic rings. The monoisotopic (exact) mass is 225 g/mol. The van der Waals surface area contributed by atoms with E-state index in [4.69, 9.17) is 0 Å². The highest BCUT2D eigenvalue weighted by Gasteiger charge is 2.13. The Hall–Kier alpha value is -1.36. The molecule has 0 aromatic carbocycles. The van der Waals surface area contributed by atoms with E-state index in [0.29, 0.717) is 12.6 Å². The van der Waals surface area contributed by atoms with Crippen LogP contribution in [0.4, 0.5) is 0 Å². The number of esters is 1. The molecular formula is C11H19N3O2. The molecule has 2 atom stereocenters. The second-order valence-electron chi connectivity index (χ2n) is 3.99. The molecule has 90 valence electrons. The lowest BCUT2D eigenvalue weighted by atomic mass is 10.2. The Balaban J connectivity index is 2.24. The second kappa shape index (κ2) is 6.27. The Bertz CT molecular complexity index is 311. The predicted octanol–water partition coefficient (Wildman–Crippen LogP) is 0.670. The van der Waals surface area contributed by atoms with E-state index in [9.17, 15) is 4.79 Å². The van der Waals surface area contributed by atoms with Crippen LogP contribution in [-0.4, -0.2) is 35.2 Å². The van der Waals surface area contributed by atoms with Gasteiger partial charge in [0.1, 0.15) is 0 Å². The highest BCUT2D eigenvalue weighted by molar-refractivity contribution is 5.72. The van der Waals surface area contributed by atoms with Crippen LogP contribution in [0.15, 0.2) is 18.7 Å². The quantitative estimate of drug-likeness (QED) is 0.723. The van der Waals surface area contributed by atoms with Crippen molar-refractivity contribution in [1.82, 2.24) is 14.9 Å². The molecule has 0 radical (unpaired) electrons. The van der Waals surface area contributed by atoms with E-state index in [1.165, 1.54) is 7.11 Å². The van der Waals surface area contributed by atoms with Crippen LogP contribution in [0.2, 0.25) is 0 Å². The van der Waals surface area contributed by atoms with E-state index in [1.807, 2.05) is 17.7 Å². The van der Waals surface area contributed by atoms with Crippen LogP contribution in [0.3, 0.4) is 0 Å². The van der Waals surface area contributed by atoms with Crippen molar-refractivity contribution in [2.45, 2.75) is 26.4 Å². The highest BCUT2D eigenvalue weighted by atomic mass is 16.5. The van der Waals surface area contributed by atoms with Crippen LogP contribution < -0.4 is 5.32 Å². The Morgan fingerprint density at radius 1 is 1.56 bits per heavy atom. The molecule has 0 bridgehead atoms. The van der Waals surface area contributed by atoms with E-state index in [-0.39, 0.29) is 11.9 Å². The zero-order valence-electron chi connectivity index (χ0n) is 10.0. The molecule has 0 saturated carbocycles. The van der Waals surface area contributed by atoms with E-state index >= 15 is 0 Å². The van der Waals surface area contributed by atoms with Gasteiger partial charge in [0.05, 0.1) is 19.4 Å². The van der Waals surface area contributed by atoms with Crippen molar-refractivity contribution in [3.63, 3.8) is 0 Å². The first-order valence-electron chi connectivity index (χ1n) is 5.40. The first-order valence-corrected chi connectivity index (χ1v) is 5.40. The van der Waals surface area contributed by atoms with E-state index in [1.54, 1.807) is 12.5 Å². The van der Waals surface area contributed by atoms with Gasteiger partial charge in [-0.1, -0.05) is 6.92 Å². The van der Waals surface area contributed by atoms with Gasteiger partial charge in [-0.05, 0) is 6.92 Å². The summed E-state index contributed by atoms with van der Waals surface area (Å²) in [6, 6.07) is 0.293. The normalized spacial score (nSPS) is 14.4. The average Bonchev–Trinajstić information content (AvgIpc) is 2.77. The van der Waals surface area contributed by atoms with Gasteiger partial charge in [-0.3, -0.25) is 4.79 Å². The fraction of sp³-hybridized carbons (Fsp3) is 0.636. The molecule has 0 aliphatic rings. The smallest absolute Gasteiger partial charge is 0.309 e. The third-order valence-corrected chi connectivity index (χ3v) is 2.42. The summed E-state index contributed by atoms with van der Waals surface area (Å²) in [4.78, 5) is 15.1. The molecule has 5 heteroatoms. The molecule has 0 aliphatic carbocycles. The summed E-state index contributed by atoms with van der Waals surface area (Å²) in [7, 11) is 1.41. The van der Waals surface area contributed by atoms with Crippen molar-refractivity contribution in [3.05, 3.63) is 18.7 Å². The maximum absolute atomic E-state index is 11.2. The van der Waals surface area contributed by atoms with Crippen LogP contribution in [-0.2, 0) is 16.1 Å². The van der Waals surface area contributed by atoms with Gasteiger partial charge in [-0.2, -0.15) is 0 Å². The summed E-state index contributed by atoms with van der Waals surface area (Å²) in [6.45, 7) is 5.39. The number of rotatable bonds is 6. The molecule has 1 N–H and O–H groups in total. The number of carbonyl (C=O) groups excluding carboxylic acids is 1. The fourth-order valence-electron chi connectivity index (χ4n) is 1.44. The van der Waals surface area contributed by atoms with Crippen molar-refractivity contribution >= 4 is 5.97 Å². The Kier molecular flexibility index (Phi) is 4.98. The molecule has 0 spiro atoms. The Labute approximate surface area is 95.8 Å². The molecule has 0 saturated heterocycles. The van der Waals surface area contributed by atoms with Crippen LogP contribution in [0.1, 0.15) is 13.8 Å². The number of methoxy groups -OCH3 is 1. The van der Waals surface area contributed by atoms with Crippen molar-refractivity contribution in [1.29, 1.82) is 0 Å². The van der Waals surface area contributed by atoms with Gasteiger partial charge in [0, 0.05) is 31.5 Å². The molecule has 1 aromatic heterocycles. The minimum absolute atomic E-state index is 0.116. The van der Waals surface area contributed by atoms with Gasteiger partial charge >= 0.3 is 5.97 Å². The van der Waals surface area contributed by atoms with Crippen LogP contribution in [0.5, 0.6) is 0 Å². The number of carbonyl (C=O) groups is 1. The van der Waals surface area contributed by atoms with Gasteiger partial charge in [0.25, 0.3) is 0 Å². The third kappa shape index (κ3) is 4.02. The van der Waals surface area contributed by atoms with Crippen LogP contribution in [0, 0.1) is 5.92 Å². The number of nitrogens with one attached hydrogen (secondary N) is 1. The summed E-state index contributed by atoms with van der Waals surface area (Å²) in [5, 5.41) is 3.29. The summed E-state index contributed by atoms with van der Waals surface area (Å²) in [5.74, 6) is -0.294. The molecule has 0 amide bonds. The molecule has 1 heterocycles. The number of hydrogen-bond donors (Lipinski definition) is 1. The number of ether oxygens (including phenoxy) is 1. The molecule has 0 aliphatic heterocycles. The van der Waals surface area contributed by atoms with E-state index < -0.39 is 0 Å². The van der Waals surface area contributed by atoms with Crippen molar-refractivity contribution in [3.8, 4) is 0 Å². The van der Waals surface area contributed by atoms with Crippen molar-refractivity contribution in [2.24, 2.45) is 5.92 Å². The summed E-state index contributed by atoms with van der Waals surface area (Å²) in [5.41, 5.74) is 0. The minimum Gasteiger partial charge on any atom is -0.469 e. The van der Waals surface area contributed by atoms with E-state index in [2.05, 4.69) is 22.0 Å². The molecule has 0 fully saturated rings. The van der Waals surface area contributed by atoms with Gasteiger partial charge < -0.3 is 14.6 Å². The largest absolute Gasteiger partial charge is 0.469 e. The summed E-state index contributed by atoms with van der Waals surface area (Å²) < 4.78 is 6.66. The standard InChI is InChI=1S/C11H19N3O2/c1-9(11(15)16-3)6-13-10(2)7-14-5-4-12-8-14/h4-5,8-10,13H,6-7H2,1-3H3. The van der Waals surface area contributed by atoms with Gasteiger partial charge in [-0.25, -0.2) is 4.98 Å². The van der Waals surface area contributed by atoms with Gasteiger partial charge in [0.2, 0.25) is 0 Å². The van der Waals surface area contributed by atoms with Crippen molar-refractivity contribution in [2.75, 3.05) is 13.7 Å². The molecule has 5 nitrogen and oxygen atoms in total. The minimum atomic E-state index is -0.178. The number of hydrogen-bond acceptors (Lipinski definition) is 4. The molecule has 2 unspecified atom stereocenters.